The Bertz CT molecular complexity index is 2210. The molecule has 0 fully saturated rings. The van der Waals surface area contributed by atoms with Gasteiger partial charge >= 0.3 is 5.97 Å². The van der Waals surface area contributed by atoms with E-state index in [-0.39, 0.29) is 5.56 Å². The molecular weight excluding hydrogens is 548 g/mol. The fourth-order valence-electron chi connectivity index (χ4n) is 6.24. The van der Waals surface area contributed by atoms with Crippen molar-refractivity contribution in [3.8, 4) is 28.0 Å². The van der Waals surface area contributed by atoms with Crippen molar-refractivity contribution < 1.29 is 14.6 Å². The molecule has 0 spiro atoms. The van der Waals surface area contributed by atoms with Crippen LogP contribution in [0.1, 0.15) is 49.8 Å². The normalized spacial score (nSPS) is 12.1. The topological polar surface area (TPSA) is 104 Å². The highest BCUT2D eigenvalue weighted by Crippen LogP contribution is 2.38. The number of fused-ring (bicyclic) bond motifs is 8. The second kappa shape index (κ2) is 10.5. The zero-order valence-corrected chi connectivity index (χ0v) is 24.8. The van der Waals surface area contributed by atoms with E-state index in [4.69, 9.17) is 14.7 Å². The summed E-state index contributed by atoms with van der Waals surface area (Å²) >= 11 is 0. The number of carboxylic acid groups (broad SMARTS) is 1. The van der Waals surface area contributed by atoms with Crippen LogP contribution in [0.5, 0.6) is 5.75 Å². The van der Waals surface area contributed by atoms with Crippen molar-refractivity contribution in [3.05, 3.63) is 112 Å². The number of benzene rings is 2. The van der Waals surface area contributed by atoms with Crippen LogP contribution < -0.4 is 4.74 Å². The lowest BCUT2D eigenvalue weighted by Crippen LogP contribution is -2.01. The minimum Gasteiger partial charge on any atom is -0.497 e. The van der Waals surface area contributed by atoms with Gasteiger partial charge in [-0.05, 0) is 116 Å². The van der Waals surface area contributed by atoms with Gasteiger partial charge in [-0.25, -0.2) is 14.8 Å². The van der Waals surface area contributed by atoms with Gasteiger partial charge in [-0.3, -0.25) is 0 Å². The average Bonchev–Trinajstić information content (AvgIpc) is 3.81. The highest BCUT2D eigenvalue weighted by molar-refractivity contribution is 6.03. The van der Waals surface area contributed by atoms with Crippen molar-refractivity contribution in [2.24, 2.45) is 0 Å². The number of nitrogens with one attached hydrogen (secondary N) is 2. The third-order valence-electron chi connectivity index (χ3n) is 8.05. The largest absolute Gasteiger partial charge is 0.497 e. The van der Waals surface area contributed by atoms with Gasteiger partial charge in [0.25, 0.3) is 0 Å². The highest BCUT2D eigenvalue weighted by Gasteiger charge is 2.21. The number of hydrogen-bond acceptors (Lipinski definition) is 4. The Morgan fingerprint density at radius 3 is 1.86 bits per heavy atom. The molecule has 2 aliphatic rings. The maximum Gasteiger partial charge on any atom is 0.336 e. The summed E-state index contributed by atoms with van der Waals surface area (Å²) in [5.41, 5.74) is 13.5. The van der Waals surface area contributed by atoms with Crippen LogP contribution in [-0.4, -0.2) is 38.1 Å². The Hall–Kier alpha value is -5.69. The van der Waals surface area contributed by atoms with Crippen LogP contribution in [0, 0.1) is 20.8 Å². The number of carboxylic acids is 1. The number of carbonyl (C=O) groups is 1. The van der Waals surface area contributed by atoms with Gasteiger partial charge in [0.05, 0.1) is 35.4 Å². The van der Waals surface area contributed by atoms with Crippen LogP contribution in [0.25, 0.3) is 68.6 Å². The number of hydrogen-bond donors (Lipinski definition) is 3. The fourth-order valence-corrected chi connectivity index (χ4v) is 6.24. The van der Waals surface area contributed by atoms with Gasteiger partial charge in [0.1, 0.15) is 5.75 Å². The molecule has 216 valence electrons. The first-order valence-electron chi connectivity index (χ1n) is 14.4. The molecule has 5 heterocycles. The van der Waals surface area contributed by atoms with E-state index in [1.54, 1.807) is 18.2 Å². The molecule has 0 saturated carbocycles. The molecule has 5 aromatic rings. The second-order valence-corrected chi connectivity index (χ2v) is 11.2. The third-order valence-corrected chi connectivity index (χ3v) is 8.05. The number of aromatic nitrogens is 4. The highest BCUT2D eigenvalue weighted by atomic mass is 16.5. The maximum absolute atomic E-state index is 12.5. The van der Waals surface area contributed by atoms with Gasteiger partial charge < -0.3 is 19.8 Å². The van der Waals surface area contributed by atoms with Gasteiger partial charge in [-0.15, -0.1) is 0 Å². The summed E-state index contributed by atoms with van der Waals surface area (Å²) in [6.07, 6.45) is 7.94. The van der Waals surface area contributed by atoms with Crippen molar-refractivity contribution >= 4 is 52.3 Å². The molecule has 3 aromatic heterocycles. The molecule has 8 bridgehead atoms. The number of methoxy groups -OCH3 is 1. The molecule has 0 aliphatic carbocycles. The summed E-state index contributed by atoms with van der Waals surface area (Å²) in [6.45, 7) is 6.36. The van der Waals surface area contributed by atoms with E-state index >= 15 is 0 Å². The van der Waals surface area contributed by atoms with Gasteiger partial charge in [0.15, 0.2) is 0 Å². The maximum atomic E-state index is 12.5. The number of rotatable bonds is 4. The Kier molecular flexibility index (Phi) is 6.51. The van der Waals surface area contributed by atoms with E-state index in [9.17, 15) is 9.90 Å². The molecular formula is C37H30N4O3. The lowest BCUT2D eigenvalue weighted by molar-refractivity contribution is 0.0697. The third kappa shape index (κ3) is 4.78. The predicted molar refractivity (Wildman–Crippen MR) is 177 cm³/mol. The molecule has 2 aromatic carbocycles. The minimum absolute atomic E-state index is 0.125. The van der Waals surface area contributed by atoms with E-state index in [2.05, 4.69) is 55.0 Å². The number of nitrogens with zero attached hydrogens (tertiary/aromatic N) is 2. The average molecular weight is 579 g/mol. The second-order valence-electron chi connectivity index (χ2n) is 11.2. The number of aromatic amines is 2. The molecule has 7 rings (SSSR count). The van der Waals surface area contributed by atoms with E-state index in [1.165, 1.54) is 12.7 Å². The molecule has 7 nitrogen and oxygen atoms in total. The van der Waals surface area contributed by atoms with Gasteiger partial charge in [0.2, 0.25) is 0 Å². The molecule has 7 heteroatoms. The zero-order valence-electron chi connectivity index (χ0n) is 24.8. The number of ether oxygens (including phenoxy) is 1. The van der Waals surface area contributed by atoms with Crippen molar-refractivity contribution in [2.45, 2.75) is 20.8 Å². The Morgan fingerprint density at radius 2 is 1.27 bits per heavy atom. The van der Waals surface area contributed by atoms with Gasteiger partial charge in [-0.1, -0.05) is 17.7 Å². The van der Waals surface area contributed by atoms with Crippen molar-refractivity contribution in [2.75, 3.05) is 7.11 Å². The SMILES string of the molecule is COc1ccc(-c2c3nc(c(-c4c(C)cc(C)cc4C)c4ccc(cc5nc(cc6ccc2[nH]6)C=C5)[nH]4)C=C3)c(C(=O)O)c1. The van der Waals surface area contributed by atoms with E-state index in [1.807, 2.05) is 48.6 Å². The molecule has 3 N–H and O–H groups in total. The van der Waals surface area contributed by atoms with Gasteiger partial charge in [0, 0.05) is 38.8 Å². The van der Waals surface area contributed by atoms with Crippen LogP contribution in [0.2, 0.25) is 0 Å². The number of aryl methyl sites for hydroxylation is 3. The molecule has 44 heavy (non-hydrogen) atoms. The van der Waals surface area contributed by atoms with E-state index in [0.29, 0.717) is 22.6 Å². The van der Waals surface area contributed by atoms with Crippen LogP contribution >= 0.6 is 0 Å². The van der Waals surface area contributed by atoms with Crippen molar-refractivity contribution in [3.63, 3.8) is 0 Å². The summed E-state index contributed by atoms with van der Waals surface area (Å²) < 4.78 is 5.37. The summed E-state index contributed by atoms with van der Waals surface area (Å²) in [7, 11) is 1.53. The smallest absolute Gasteiger partial charge is 0.336 e. The summed E-state index contributed by atoms with van der Waals surface area (Å²) in [5.74, 6) is -0.583. The van der Waals surface area contributed by atoms with Crippen LogP contribution in [-0.2, 0) is 0 Å². The quantitative estimate of drug-likeness (QED) is 0.194. The monoisotopic (exact) mass is 578 g/mol. The van der Waals surface area contributed by atoms with Crippen molar-refractivity contribution in [1.82, 2.24) is 19.9 Å². The molecule has 0 saturated heterocycles. The molecule has 2 aliphatic heterocycles. The summed E-state index contributed by atoms with van der Waals surface area (Å²) in [4.78, 5) is 29.6. The zero-order chi connectivity index (χ0) is 30.5. The number of H-pyrrole nitrogens is 2. The summed E-state index contributed by atoms with van der Waals surface area (Å²) in [5, 5.41) is 10.3. The predicted octanol–water partition coefficient (Wildman–Crippen LogP) is 8.62. The number of aromatic carboxylic acids is 1. The molecule has 0 radical (unpaired) electrons. The Labute approximate surface area is 254 Å². The van der Waals surface area contributed by atoms with E-state index < -0.39 is 5.97 Å². The molecule has 0 atom stereocenters. The Balaban J connectivity index is 1.66. The first kappa shape index (κ1) is 27.2. The lowest BCUT2D eigenvalue weighted by atomic mass is 9.92. The minimum atomic E-state index is -1.05. The first-order valence-corrected chi connectivity index (χ1v) is 14.4. The first-order chi connectivity index (χ1) is 21.3. The standard InChI is InChI=1S/C37H30N4O3/c1-20-15-21(2)34(22(3)16-20)36-32-12-8-26(40-32)18-24-6-5-23(38-24)17-25-7-11-30(39-25)35(31-13-14-33(36)41-31)28-10-9-27(44-4)19-29(28)37(42)43/h5-19,39-40H,1-4H3,(H,42,43). The van der Waals surface area contributed by atoms with Crippen molar-refractivity contribution in [1.29, 1.82) is 0 Å². The molecule has 0 unspecified atom stereocenters. The van der Waals surface area contributed by atoms with Crippen LogP contribution in [0.4, 0.5) is 0 Å². The Morgan fingerprint density at radius 1 is 0.682 bits per heavy atom. The molecule has 0 amide bonds. The van der Waals surface area contributed by atoms with Gasteiger partial charge in [-0.2, -0.15) is 0 Å². The fraction of sp³-hybridized carbons (Fsp3) is 0.108. The van der Waals surface area contributed by atoms with Crippen LogP contribution in [0.15, 0.2) is 66.7 Å². The van der Waals surface area contributed by atoms with Crippen LogP contribution in [0.3, 0.4) is 0 Å². The lowest BCUT2D eigenvalue weighted by Gasteiger charge is -2.13. The summed E-state index contributed by atoms with van der Waals surface area (Å²) in [6, 6.07) is 21.5. The van der Waals surface area contributed by atoms with E-state index in [0.717, 1.165) is 61.4 Å².